The van der Waals surface area contributed by atoms with Crippen molar-refractivity contribution in [3.8, 4) is 5.88 Å². The highest BCUT2D eigenvalue weighted by Crippen LogP contribution is 2.27. The fourth-order valence-corrected chi connectivity index (χ4v) is 4.21. The zero-order valence-electron chi connectivity index (χ0n) is 20.2. The average molecular weight is 471 g/mol. The molecule has 8 nitrogen and oxygen atoms in total. The summed E-state index contributed by atoms with van der Waals surface area (Å²) in [6.07, 6.45) is 2.52. The van der Waals surface area contributed by atoms with Crippen molar-refractivity contribution in [2.24, 2.45) is 10.2 Å². The minimum Gasteiger partial charge on any atom is -0.477 e. The van der Waals surface area contributed by atoms with Crippen LogP contribution in [0, 0.1) is 13.8 Å². The number of rotatable bonds is 8. The average Bonchev–Trinajstić information content (AvgIpc) is 3.18. The van der Waals surface area contributed by atoms with E-state index in [1.54, 1.807) is 6.20 Å². The van der Waals surface area contributed by atoms with Gasteiger partial charge in [0.25, 0.3) is 0 Å². The van der Waals surface area contributed by atoms with Crippen molar-refractivity contribution in [2.75, 3.05) is 37.8 Å². The Labute approximate surface area is 205 Å². The first-order chi connectivity index (χ1) is 17.2. The van der Waals surface area contributed by atoms with Crippen LogP contribution in [-0.2, 0) is 17.7 Å². The van der Waals surface area contributed by atoms with Crippen LogP contribution in [0.3, 0.4) is 0 Å². The molecule has 1 N–H and O–H groups in total. The van der Waals surface area contributed by atoms with E-state index in [4.69, 9.17) is 14.5 Å². The molecule has 0 spiro atoms. The summed E-state index contributed by atoms with van der Waals surface area (Å²) in [6.45, 7) is 8.19. The molecule has 0 bridgehead atoms. The Morgan fingerprint density at radius 1 is 1.06 bits per heavy atom. The molecule has 0 unspecified atom stereocenters. The van der Waals surface area contributed by atoms with Gasteiger partial charge in [-0.25, -0.2) is 4.98 Å². The second kappa shape index (κ2) is 10.7. The van der Waals surface area contributed by atoms with Gasteiger partial charge in [0, 0.05) is 59.8 Å². The molecule has 1 fully saturated rings. The van der Waals surface area contributed by atoms with Gasteiger partial charge in [0.15, 0.2) is 0 Å². The number of H-pyrrole nitrogens is 1. The van der Waals surface area contributed by atoms with Gasteiger partial charge in [-0.3, -0.25) is 4.98 Å². The Bertz CT molecular complexity index is 1310. The summed E-state index contributed by atoms with van der Waals surface area (Å²) in [5.74, 6) is 0.593. The van der Waals surface area contributed by atoms with Gasteiger partial charge in [-0.1, -0.05) is 6.07 Å². The van der Waals surface area contributed by atoms with Crippen molar-refractivity contribution in [1.82, 2.24) is 15.0 Å². The van der Waals surface area contributed by atoms with Crippen LogP contribution in [0.4, 0.5) is 11.4 Å². The maximum absolute atomic E-state index is 6.03. The van der Waals surface area contributed by atoms with E-state index < -0.39 is 0 Å². The first kappa shape index (κ1) is 23.0. The summed E-state index contributed by atoms with van der Waals surface area (Å²) >= 11 is 0. The lowest BCUT2D eigenvalue weighted by Gasteiger charge is -2.29. The summed E-state index contributed by atoms with van der Waals surface area (Å²) in [7, 11) is 0. The fourth-order valence-electron chi connectivity index (χ4n) is 4.21. The van der Waals surface area contributed by atoms with Crippen LogP contribution in [0.1, 0.15) is 22.6 Å². The molecule has 0 aliphatic carbocycles. The highest BCUT2D eigenvalue weighted by Gasteiger charge is 2.14. The maximum Gasteiger partial charge on any atom is 0.215 e. The highest BCUT2D eigenvalue weighted by atomic mass is 16.5. The molecule has 0 atom stereocenters. The van der Waals surface area contributed by atoms with Crippen molar-refractivity contribution in [3.05, 3.63) is 77.4 Å². The molecule has 1 aliphatic heterocycles. The number of fused-ring (bicyclic) bond motifs is 1. The number of hydrogen-bond acceptors (Lipinski definition) is 7. The molecule has 0 radical (unpaired) electrons. The molecule has 5 rings (SSSR count). The van der Waals surface area contributed by atoms with E-state index >= 15 is 0 Å². The van der Waals surface area contributed by atoms with Crippen LogP contribution in [-0.4, -0.2) is 47.9 Å². The number of pyridine rings is 2. The SMILES string of the molecule is Cc1[nH]c2ccc(N=NCc3cc(N4CCOCC4)cc(OCCc4ccccn4)n3)cc2c1C. The largest absolute Gasteiger partial charge is 0.477 e. The van der Waals surface area contributed by atoms with Crippen LogP contribution in [0.15, 0.2) is 65.0 Å². The van der Waals surface area contributed by atoms with Crippen molar-refractivity contribution in [1.29, 1.82) is 0 Å². The molecule has 0 saturated carbocycles. The van der Waals surface area contributed by atoms with Crippen molar-refractivity contribution in [2.45, 2.75) is 26.8 Å². The Morgan fingerprint density at radius 2 is 1.94 bits per heavy atom. The number of aromatic amines is 1. The van der Waals surface area contributed by atoms with Gasteiger partial charge >= 0.3 is 0 Å². The third-order valence-corrected chi connectivity index (χ3v) is 6.26. The minimum absolute atomic E-state index is 0.373. The van der Waals surface area contributed by atoms with E-state index in [0.717, 1.165) is 47.8 Å². The van der Waals surface area contributed by atoms with Crippen LogP contribution in [0.5, 0.6) is 5.88 Å². The number of aromatic nitrogens is 3. The van der Waals surface area contributed by atoms with Gasteiger partial charge < -0.3 is 19.4 Å². The van der Waals surface area contributed by atoms with Gasteiger partial charge in [0.1, 0.15) is 6.54 Å². The van der Waals surface area contributed by atoms with Gasteiger partial charge in [-0.2, -0.15) is 10.2 Å². The molecule has 4 aromatic rings. The maximum atomic E-state index is 6.03. The monoisotopic (exact) mass is 470 g/mol. The number of aryl methyl sites for hydroxylation is 2. The van der Waals surface area contributed by atoms with Crippen LogP contribution >= 0.6 is 0 Å². The molecule has 1 saturated heterocycles. The van der Waals surface area contributed by atoms with E-state index in [1.165, 1.54) is 16.6 Å². The topological polar surface area (TPSA) is 88.0 Å². The van der Waals surface area contributed by atoms with E-state index in [-0.39, 0.29) is 0 Å². The third kappa shape index (κ3) is 5.66. The molecular weight excluding hydrogens is 440 g/mol. The lowest BCUT2D eigenvalue weighted by Crippen LogP contribution is -2.36. The number of anilines is 1. The summed E-state index contributed by atoms with van der Waals surface area (Å²) in [6, 6.07) is 16.1. The first-order valence-corrected chi connectivity index (χ1v) is 12.0. The Hall–Kier alpha value is -3.78. The quantitative estimate of drug-likeness (QED) is 0.352. The van der Waals surface area contributed by atoms with Crippen LogP contribution < -0.4 is 9.64 Å². The highest BCUT2D eigenvalue weighted by molar-refractivity contribution is 5.86. The molecule has 0 amide bonds. The normalized spacial score (nSPS) is 14.2. The van der Waals surface area contributed by atoms with Gasteiger partial charge in [0.05, 0.1) is 31.2 Å². The predicted octanol–water partition coefficient (Wildman–Crippen LogP) is 5.32. The summed E-state index contributed by atoms with van der Waals surface area (Å²) in [5.41, 5.74) is 7.25. The number of nitrogens with one attached hydrogen (secondary N) is 1. The Morgan fingerprint density at radius 3 is 2.77 bits per heavy atom. The number of benzene rings is 1. The Balaban J connectivity index is 1.31. The van der Waals surface area contributed by atoms with Crippen molar-refractivity contribution in [3.63, 3.8) is 0 Å². The molecular formula is C27H30N6O2. The van der Waals surface area contributed by atoms with E-state index in [2.05, 4.69) is 57.1 Å². The Kier molecular flexibility index (Phi) is 6.99. The van der Waals surface area contributed by atoms with Crippen LogP contribution in [0.25, 0.3) is 10.9 Å². The summed E-state index contributed by atoms with van der Waals surface area (Å²) in [4.78, 5) is 14.7. The van der Waals surface area contributed by atoms with E-state index in [1.807, 2.05) is 30.3 Å². The summed E-state index contributed by atoms with van der Waals surface area (Å²) in [5, 5.41) is 10.1. The predicted molar refractivity (Wildman–Crippen MR) is 137 cm³/mol. The standard InChI is InChI=1S/C27H30N6O2/c1-19-20(2)30-26-7-6-22(16-25(19)26)32-29-18-23-15-24(33-10-13-34-14-11-33)17-27(31-23)35-12-8-21-5-3-4-9-28-21/h3-7,9,15-17,30H,8,10-14,18H2,1-2H3. The third-order valence-electron chi connectivity index (χ3n) is 6.26. The minimum atomic E-state index is 0.373. The van der Waals surface area contributed by atoms with Gasteiger partial charge in [-0.15, -0.1) is 0 Å². The molecule has 180 valence electrons. The molecule has 1 aromatic carbocycles. The van der Waals surface area contributed by atoms with Crippen LogP contribution in [0.2, 0.25) is 0 Å². The zero-order chi connectivity index (χ0) is 24.0. The number of azo groups is 1. The molecule has 1 aliphatic rings. The van der Waals surface area contributed by atoms with E-state index in [0.29, 0.717) is 32.2 Å². The zero-order valence-corrected chi connectivity index (χ0v) is 20.2. The van der Waals surface area contributed by atoms with Crippen molar-refractivity contribution < 1.29 is 9.47 Å². The van der Waals surface area contributed by atoms with Gasteiger partial charge in [-0.05, 0) is 55.8 Å². The lowest BCUT2D eigenvalue weighted by molar-refractivity contribution is 0.122. The number of hydrogen-bond donors (Lipinski definition) is 1. The fraction of sp³-hybridized carbons (Fsp3) is 0.333. The molecule has 35 heavy (non-hydrogen) atoms. The molecule has 4 heterocycles. The second-order valence-electron chi connectivity index (χ2n) is 8.68. The molecule has 8 heteroatoms. The van der Waals surface area contributed by atoms with Gasteiger partial charge in [0.2, 0.25) is 5.88 Å². The van der Waals surface area contributed by atoms with E-state index in [9.17, 15) is 0 Å². The molecule has 3 aromatic heterocycles. The lowest BCUT2D eigenvalue weighted by atomic mass is 10.1. The second-order valence-corrected chi connectivity index (χ2v) is 8.68. The summed E-state index contributed by atoms with van der Waals surface area (Å²) < 4.78 is 11.5. The number of ether oxygens (including phenoxy) is 2. The first-order valence-electron chi connectivity index (χ1n) is 12.0. The smallest absolute Gasteiger partial charge is 0.215 e. The number of nitrogens with zero attached hydrogens (tertiary/aromatic N) is 5. The number of morpholine rings is 1. The van der Waals surface area contributed by atoms with Crippen molar-refractivity contribution >= 4 is 22.3 Å².